The monoisotopic (exact) mass is 558 g/mol. The van der Waals surface area contributed by atoms with Crippen LogP contribution in [0.2, 0.25) is 16.6 Å². The van der Waals surface area contributed by atoms with Gasteiger partial charge in [0.25, 0.3) is 0 Å². The number of hydrogen-bond donors (Lipinski definition) is 0. The fourth-order valence-electron chi connectivity index (χ4n) is 7.33. The summed E-state index contributed by atoms with van der Waals surface area (Å²) in [6, 6.07) is 0. The van der Waals surface area contributed by atoms with Crippen LogP contribution in [0.25, 0.3) is 0 Å². The van der Waals surface area contributed by atoms with Gasteiger partial charge in [-0.15, -0.1) is 0 Å². The van der Waals surface area contributed by atoms with E-state index in [-0.39, 0.29) is 0 Å². The molecule has 0 aromatic carbocycles. The third-order valence-electron chi connectivity index (χ3n) is 9.24. The van der Waals surface area contributed by atoms with Crippen molar-refractivity contribution in [3.8, 4) is 0 Å². The lowest BCUT2D eigenvalue weighted by Gasteiger charge is -2.59. The zero-order valence-corrected chi connectivity index (χ0v) is 26.5. The third-order valence-corrected chi connectivity index (χ3v) is 24.8. The first kappa shape index (κ1) is 29.4. The first-order chi connectivity index (χ1) is 17.6. The van der Waals surface area contributed by atoms with E-state index >= 15 is 0 Å². The maximum absolute atomic E-state index is 7.63. The highest BCUT2D eigenvalue weighted by atomic mass is 28.5. The summed E-state index contributed by atoms with van der Waals surface area (Å²) >= 11 is 0. The molecule has 1 aliphatic heterocycles. The molecule has 4 fully saturated rings. The predicted molar refractivity (Wildman–Crippen MR) is 151 cm³/mol. The molecule has 1 heterocycles. The summed E-state index contributed by atoms with van der Waals surface area (Å²) in [4.78, 5) is 0. The van der Waals surface area contributed by atoms with Crippen LogP contribution in [0, 0.1) is 0 Å². The van der Waals surface area contributed by atoms with Crippen molar-refractivity contribution in [1.82, 2.24) is 0 Å². The minimum Gasteiger partial charge on any atom is -0.412 e. The first-order valence-electron chi connectivity index (χ1n) is 15.5. The summed E-state index contributed by atoms with van der Waals surface area (Å²) < 4.78 is 41.9. The van der Waals surface area contributed by atoms with E-state index in [1.54, 1.807) is 0 Å². The van der Waals surface area contributed by atoms with Crippen LogP contribution in [0.5, 0.6) is 0 Å². The quantitative estimate of drug-likeness (QED) is 0.238. The van der Waals surface area contributed by atoms with Gasteiger partial charge >= 0.3 is 25.7 Å². The van der Waals surface area contributed by atoms with Gasteiger partial charge in [0.05, 0.1) is 18.7 Å². The number of ether oxygens (including phenoxy) is 3. The Labute approximate surface area is 224 Å². The van der Waals surface area contributed by atoms with Crippen molar-refractivity contribution < 1.29 is 26.6 Å². The molecule has 0 aromatic heterocycles. The van der Waals surface area contributed by atoms with Crippen LogP contribution in [0.15, 0.2) is 0 Å². The predicted octanol–water partition coefficient (Wildman–Crippen LogP) is 7.11. The van der Waals surface area contributed by atoms with E-state index in [9.17, 15) is 0 Å². The van der Waals surface area contributed by atoms with Crippen molar-refractivity contribution in [3.63, 3.8) is 0 Å². The lowest BCUT2D eigenvalue weighted by atomic mass is 10.0. The van der Waals surface area contributed by atoms with Gasteiger partial charge in [0, 0.05) is 36.4 Å². The normalized spacial score (nSPS) is 35.8. The van der Waals surface area contributed by atoms with Crippen molar-refractivity contribution in [2.75, 3.05) is 38.5 Å². The molecule has 4 aliphatic rings. The smallest absolute Gasteiger partial charge is 0.350 e. The molecule has 210 valence electrons. The maximum atomic E-state index is 7.63. The van der Waals surface area contributed by atoms with E-state index in [2.05, 4.69) is 20.8 Å². The van der Waals surface area contributed by atoms with Crippen LogP contribution in [-0.2, 0) is 26.6 Å². The third kappa shape index (κ3) is 6.75. The molecule has 3 saturated carbocycles. The van der Waals surface area contributed by atoms with E-state index in [0.717, 1.165) is 0 Å². The van der Waals surface area contributed by atoms with Crippen LogP contribution in [0.1, 0.15) is 117 Å². The summed E-state index contributed by atoms with van der Waals surface area (Å²) in [6.07, 6.45) is 20.9. The van der Waals surface area contributed by atoms with Gasteiger partial charge in [-0.2, -0.15) is 0 Å². The molecule has 9 heteroatoms. The topological polar surface area (TPSA) is 55.4 Å². The van der Waals surface area contributed by atoms with Gasteiger partial charge in [-0.3, -0.25) is 0 Å². The minimum absolute atomic E-state index is 0.496. The standard InChI is InChI=1S/C27H54O6Si3/c1-4-28-22-34(25-16-10-7-11-17-25)31-35(23-29-5-2,26-18-12-8-13-19-26)33-36(32-34,24-30-6-3)27-20-14-9-15-21-27/h25-27H,4-24H2,1-3H3. The van der Waals surface area contributed by atoms with Crippen LogP contribution in [0.3, 0.4) is 0 Å². The van der Waals surface area contributed by atoms with Crippen LogP contribution < -0.4 is 0 Å². The van der Waals surface area contributed by atoms with Gasteiger partial charge in [-0.05, 0) is 59.3 Å². The fraction of sp³-hybridized carbons (Fsp3) is 1.00. The fourth-order valence-corrected chi connectivity index (χ4v) is 27.4. The second kappa shape index (κ2) is 14.2. The Morgan fingerprint density at radius 2 is 0.694 bits per heavy atom. The molecule has 4 rings (SSSR count). The molecule has 6 nitrogen and oxygen atoms in total. The SMILES string of the molecule is CCOC[Si]1(C2CCCCC2)O[Si](COCC)(C2CCCCC2)O[Si](COCC)(C2CCCCC2)O1. The molecule has 0 aromatic rings. The van der Waals surface area contributed by atoms with Gasteiger partial charge in [-0.25, -0.2) is 0 Å². The average Bonchev–Trinajstić information content (AvgIpc) is 2.95. The van der Waals surface area contributed by atoms with Crippen LogP contribution in [-0.4, -0.2) is 64.2 Å². The van der Waals surface area contributed by atoms with Crippen molar-refractivity contribution in [2.45, 2.75) is 134 Å². The Morgan fingerprint density at radius 1 is 0.444 bits per heavy atom. The number of rotatable bonds is 12. The molecule has 0 N–H and O–H groups in total. The van der Waals surface area contributed by atoms with Gasteiger partial charge in [0.1, 0.15) is 0 Å². The molecule has 0 atom stereocenters. The van der Waals surface area contributed by atoms with E-state index in [1.165, 1.54) is 96.3 Å². The molecular formula is C27H54O6Si3. The Bertz CT molecular complexity index is 543. The summed E-state index contributed by atoms with van der Waals surface area (Å²) in [6.45, 7) is 8.47. The summed E-state index contributed by atoms with van der Waals surface area (Å²) in [5.74, 6) is 0. The Balaban J connectivity index is 1.81. The van der Waals surface area contributed by atoms with Crippen molar-refractivity contribution in [2.24, 2.45) is 0 Å². The molecular weight excluding hydrogens is 505 g/mol. The number of hydrogen-bond acceptors (Lipinski definition) is 6. The highest BCUT2D eigenvalue weighted by Crippen LogP contribution is 2.53. The summed E-state index contributed by atoms with van der Waals surface area (Å²) in [5.41, 5.74) is 1.49. The minimum atomic E-state index is -2.73. The molecule has 0 radical (unpaired) electrons. The lowest BCUT2D eigenvalue weighted by Crippen LogP contribution is -2.78. The zero-order chi connectivity index (χ0) is 25.3. The van der Waals surface area contributed by atoms with E-state index in [4.69, 9.17) is 26.6 Å². The van der Waals surface area contributed by atoms with Crippen LogP contribution in [0.4, 0.5) is 0 Å². The summed E-state index contributed by atoms with van der Waals surface area (Å²) in [7, 11) is -8.18. The molecule has 0 unspecified atom stereocenters. The largest absolute Gasteiger partial charge is 0.412 e. The molecule has 36 heavy (non-hydrogen) atoms. The Hall–Kier alpha value is 0.411. The van der Waals surface area contributed by atoms with Crippen molar-refractivity contribution >= 4 is 25.7 Å². The molecule has 0 amide bonds. The first-order valence-corrected chi connectivity index (χ1v) is 21.8. The zero-order valence-electron chi connectivity index (χ0n) is 23.5. The Morgan fingerprint density at radius 3 is 0.917 bits per heavy atom. The molecule has 1 saturated heterocycles. The molecule has 0 bridgehead atoms. The second-order valence-corrected chi connectivity index (χ2v) is 22.3. The van der Waals surface area contributed by atoms with Gasteiger partial charge in [0.15, 0.2) is 0 Å². The summed E-state index contributed by atoms with van der Waals surface area (Å²) in [5, 5.41) is 0. The molecule has 3 aliphatic carbocycles. The van der Waals surface area contributed by atoms with Crippen molar-refractivity contribution in [1.29, 1.82) is 0 Å². The van der Waals surface area contributed by atoms with Crippen LogP contribution >= 0.6 is 0 Å². The second-order valence-electron chi connectivity index (χ2n) is 11.7. The van der Waals surface area contributed by atoms with E-state index < -0.39 is 25.7 Å². The maximum Gasteiger partial charge on any atom is 0.350 e. The average molecular weight is 559 g/mol. The van der Waals surface area contributed by atoms with E-state index in [0.29, 0.717) is 55.1 Å². The highest BCUT2D eigenvalue weighted by Gasteiger charge is 2.69. The van der Waals surface area contributed by atoms with Gasteiger partial charge in [0.2, 0.25) is 0 Å². The highest BCUT2D eigenvalue weighted by molar-refractivity contribution is 6.96. The van der Waals surface area contributed by atoms with Crippen molar-refractivity contribution in [3.05, 3.63) is 0 Å². The van der Waals surface area contributed by atoms with E-state index in [1.807, 2.05) is 0 Å². The molecule has 0 spiro atoms. The van der Waals surface area contributed by atoms with Gasteiger partial charge in [-0.1, -0.05) is 57.8 Å². The lowest BCUT2D eigenvalue weighted by molar-refractivity contribution is 0.0733. The van der Waals surface area contributed by atoms with Gasteiger partial charge < -0.3 is 26.6 Å². The Kier molecular flexibility index (Phi) is 11.6.